The van der Waals surface area contributed by atoms with Crippen LogP contribution in [0.15, 0.2) is 48.7 Å². The summed E-state index contributed by atoms with van der Waals surface area (Å²) in [6.45, 7) is 0. The van der Waals surface area contributed by atoms with E-state index in [9.17, 15) is 0 Å². The van der Waals surface area contributed by atoms with E-state index in [0.29, 0.717) is 5.92 Å². The molecule has 2 aromatic heterocycles. The van der Waals surface area contributed by atoms with Crippen molar-refractivity contribution in [3.63, 3.8) is 0 Å². The summed E-state index contributed by atoms with van der Waals surface area (Å²) in [7, 11) is 0. The Morgan fingerprint density at radius 3 is 1.79 bits per heavy atom. The van der Waals surface area contributed by atoms with Gasteiger partial charge in [-0.25, -0.2) is 0 Å². The molecule has 4 aromatic carbocycles. The van der Waals surface area contributed by atoms with Crippen LogP contribution in [-0.4, -0.2) is 9.97 Å². The van der Waals surface area contributed by atoms with Crippen LogP contribution in [0, 0.1) is 23.7 Å². The molecule has 4 unspecified atom stereocenters. The monoisotopic (exact) mass is 544 g/mol. The van der Waals surface area contributed by atoms with E-state index < -0.39 is 0 Å². The lowest BCUT2D eigenvalue weighted by Crippen LogP contribution is -2.25. The summed E-state index contributed by atoms with van der Waals surface area (Å²) in [6, 6.07) is 17.2. The van der Waals surface area contributed by atoms with E-state index >= 15 is 0 Å². The van der Waals surface area contributed by atoms with Gasteiger partial charge in [0.2, 0.25) is 0 Å². The van der Waals surface area contributed by atoms with Gasteiger partial charge in [0.15, 0.2) is 0 Å². The third kappa shape index (κ3) is 2.70. The Hall–Kier alpha value is -3.26. The van der Waals surface area contributed by atoms with Crippen molar-refractivity contribution in [2.75, 3.05) is 0 Å². The molecule has 8 aliphatic rings. The minimum atomic E-state index is 0.674. The van der Waals surface area contributed by atoms with Crippen molar-refractivity contribution in [1.82, 2.24) is 9.97 Å². The molecule has 206 valence electrons. The number of pyridine rings is 2. The lowest BCUT2D eigenvalue weighted by molar-refractivity contribution is 0.165. The molecule has 0 saturated heterocycles. The van der Waals surface area contributed by atoms with Crippen LogP contribution >= 0.6 is 0 Å². The summed E-state index contributed by atoms with van der Waals surface area (Å²) < 4.78 is 0. The fourth-order valence-corrected chi connectivity index (χ4v) is 12.4. The molecular formula is C40H36N2. The first kappa shape index (κ1) is 22.3. The number of nitrogens with zero attached hydrogens (tertiary/aromatic N) is 2. The molecule has 4 atom stereocenters. The Morgan fingerprint density at radius 2 is 1.07 bits per heavy atom. The van der Waals surface area contributed by atoms with Crippen molar-refractivity contribution in [2.24, 2.45) is 23.7 Å². The summed E-state index contributed by atoms with van der Waals surface area (Å²) in [4.78, 5) is 10.9. The summed E-state index contributed by atoms with van der Waals surface area (Å²) in [5.41, 5.74) is 8.82. The molecule has 2 heterocycles. The summed E-state index contributed by atoms with van der Waals surface area (Å²) in [5.74, 6) is 6.58. The molecule has 0 aliphatic heterocycles. The summed E-state index contributed by atoms with van der Waals surface area (Å²) in [5, 5.41) is 11.1. The average Bonchev–Trinajstić information content (AvgIpc) is 3.28. The molecule has 0 radical (unpaired) electrons. The fourth-order valence-electron chi connectivity index (χ4n) is 12.4. The Bertz CT molecular complexity index is 2120. The Balaban J connectivity index is 1.14. The highest BCUT2D eigenvalue weighted by atomic mass is 14.7. The van der Waals surface area contributed by atoms with Crippen molar-refractivity contribution in [3.8, 4) is 0 Å². The minimum Gasteiger partial charge on any atom is -0.255 e. The van der Waals surface area contributed by atoms with Crippen LogP contribution in [0.3, 0.4) is 0 Å². The molecule has 4 fully saturated rings. The van der Waals surface area contributed by atoms with Crippen molar-refractivity contribution < 1.29 is 0 Å². The Morgan fingerprint density at radius 1 is 0.476 bits per heavy atom. The SMILES string of the molecule is c1nc2c(cc3ccc4cc5cc6c(nc5c5ccc2c3c45)C2CC3CC(CC6C3)C2)c2c1C1CC3CC(C1)CC2C3. The first-order valence-corrected chi connectivity index (χ1v) is 17.1. The van der Waals surface area contributed by atoms with E-state index in [0.717, 1.165) is 41.4 Å². The van der Waals surface area contributed by atoms with Gasteiger partial charge in [0.1, 0.15) is 0 Å². The molecule has 42 heavy (non-hydrogen) atoms. The zero-order chi connectivity index (χ0) is 26.8. The van der Waals surface area contributed by atoms with Crippen molar-refractivity contribution in [2.45, 2.75) is 87.9 Å². The van der Waals surface area contributed by atoms with Crippen LogP contribution in [0.1, 0.15) is 110 Å². The number of hydrogen-bond acceptors (Lipinski definition) is 2. The summed E-state index contributed by atoms with van der Waals surface area (Å²) in [6.07, 6.45) is 16.4. The third-order valence-electron chi connectivity index (χ3n) is 13.6. The number of aromatic nitrogens is 2. The predicted octanol–water partition coefficient (Wildman–Crippen LogP) is 10.5. The van der Waals surface area contributed by atoms with Crippen molar-refractivity contribution in [1.29, 1.82) is 0 Å². The van der Waals surface area contributed by atoms with Gasteiger partial charge in [-0.2, -0.15) is 0 Å². The number of hydrogen-bond donors (Lipinski definition) is 0. The van der Waals surface area contributed by atoms with Gasteiger partial charge < -0.3 is 0 Å². The number of rotatable bonds is 0. The number of fused-ring (bicyclic) bond motifs is 4. The minimum absolute atomic E-state index is 0.674. The van der Waals surface area contributed by atoms with Crippen LogP contribution in [0.5, 0.6) is 0 Å². The molecule has 2 nitrogen and oxygen atoms in total. The second kappa shape index (κ2) is 7.44. The van der Waals surface area contributed by atoms with Crippen LogP contribution in [-0.2, 0) is 0 Å². The maximum Gasteiger partial charge on any atom is 0.0784 e. The van der Waals surface area contributed by atoms with Crippen LogP contribution in [0.25, 0.3) is 54.1 Å². The van der Waals surface area contributed by atoms with Gasteiger partial charge in [-0.05, 0) is 162 Å². The van der Waals surface area contributed by atoms with Crippen molar-refractivity contribution >= 4 is 54.1 Å². The van der Waals surface area contributed by atoms with Gasteiger partial charge >= 0.3 is 0 Å². The highest BCUT2D eigenvalue weighted by Gasteiger charge is 2.44. The highest BCUT2D eigenvalue weighted by molar-refractivity contribution is 6.32. The van der Waals surface area contributed by atoms with E-state index in [1.807, 2.05) is 0 Å². The van der Waals surface area contributed by atoms with E-state index in [1.165, 1.54) is 124 Å². The molecular weight excluding hydrogens is 508 g/mol. The van der Waals surface area contributed by atoms with E-state index in [1.54, 1.807) is 16.7 Å². The quantitative estimate of drug-likeness (QED) is 0.140. The Labute approximate surface area is 246 Å². The van der Waals surface area contributed by atoms with Gasteiger partial charge in [0, 0.05) is 39.4 Å². The normalized spacial score (nSPS) is 34.2. The van der Waals surface area contributed by atoms with E-state index in [-0.39, 0.29) is 0 Å². The molecule has 0 spiro atoms. The fraction of sp³-hybridized carbons (Fsp3) is 0.450. The largest absolute Gasteiger partial charge is 0.255 e. The lowest BCUT2D eigenvalue weighted by Gasteiger charge is -2.38. The van der Waals surface area contributed by atoms with Gasteiger partial charge in [0.25, 0.3) is 0 Å². The van der Waals surface area contributed by atoms with Crippen LogP contribution in [0.4, 0.5) is 0 Å². The van der Waals surface area contributed by atoms with Gasteiger partial charge in [-0.1, -0.05) is 24.3 Å². The van der Waals surface area contributed by atoms with Crippen LogP contribution < -0.4 is 0 Å². The topological polar surface area (TPSA) is 25.8 Å². The maximum absolute atomic E-state index is 5.64. The second-order valence-corrected chi connectivity index (χ2v) is 15.8. The first-order chi connectivity index (χ1) is 20.7. The molecule has 0 N–H and O–H groups in total. The zero-order valence-electron chi connectivity index (χ0n) is 24.2. The van der Waals surface area contributed by atoms with Gasteiger partial charge in [-0.15, -0.1) is 0 Å². The highest BCUT2D eigenvalue weighted by Crippen LogP contribution is 2.59. The molecule has 4 saturated carbocycles. The number of benzene rings is 4. The predicted molar refractivity (Wildman–Crippen MR) is 172 cm³/mol. The van der Waals surface area contributed by atoms with Gasteiger partial charge in [-0.3, -0.25) is 9.97 Å². The molecule has 6 aromatic rings. The molecule has 8 aliphatic carbocycles. The molecule has 14 rings (SSSR count). The van der Waals surface area contributed by atoms with Crippen molar-refractivity contribution in [3.05, 3.63) is 71.0 Å². The van der Waals surface area contributed by atoms with Crippen LogP contribution in [0.2, 0.25) is 0 Å². The van der Waals surface area contributed by atoms with E-state index in [4.69, 9.17) is 9.97 Å². The molecule has 0 amide bonds. The Kier molecular flexibility index (Phi) is 3.95. The van der Waals surface area contributed by atoms with E-state index in [2.05, 4.69) is 48.7 Å². The summed E-state index contributed by atoms with van der Waals surface area (Å²) >= 11 is 0. The average molecular weight is 545 g/mol. The standard InChI is InChI=1S/C40H36N2/c1-2-24-16-33-35-27-11-19-5-20(12-27)10-26(9-19)34(35)18-41-40(33)31-4-3-30-36(37(24)31)23(1)15-29-17-32-25-7-21-6-22(8-25)14-28(13-21)39(32)42-38(29)30/h1-4,15-22,25-28H,5-14H2. The third-order valence-corrected chi connectivity index (χ3v) is 13.6. The lowest BCUT2D eigenvalue weighted by atomic mass is 9.67. The smallest absolute Gasteiger partial charge is 0.0784 e. The second-order valence-electron chi connectivity index (χ2n) is 15.8. The molecule has 2 heteroatoms. The molecule has 8 bridgehead atoms. The van der Waals surface area contributed by atoms with Gasteiger partial charge in [0.05, 0.1) is 11.0 Å². The first-order valence-electron chi connectivity index (χ1n) is 17.1. The zero-order valence-corrected chi connectivity index (χ0v) is 24.2. The maximum atomic E-state index is 5.64.